The van der Waals surface area contributed by atoms with Gasteiger partial charge in [0.1, 0.15) is 0 Å². The largest absolute Gasteiger partial charge is 0.0883 e. The van der Waals surface area contributed by atoms with E-state index in [2.05, 4.69) is 97.7 Å². The lowest BCUT2D eigenvalue weighted by atomic mass is 9.81. The van der Waals surface area contributed by atoms with E-state index in [-0.39, 0.29) is 0 Å². The van der Waals surface area contributed by atoms with E-state index in [0.29, 0.717) is 0 Å². The van der Waals surface area contributed by atoms with Gasteiger partial charge >= 0.3 is 0 Å². The van der Waals surface area contributed by atoms with Crippen molar-refractivity contribution < 1.29 is 0 Å². The Bertz CT molecular complexity index is 855. The molecule has 2 aromatic carbocycles. The SMILES string of the molecule is CC/C(=C\CBr)c1cc2c(CC)c(CC)c(CC)c(CC)c2cc1/C(=C/CBr)CC. The van der Waals surface area contributed by atoms with Gasteiger partial charge in [0.15, 0.2) is 0 Å². The van der Waals surface area contributed by atoms with Crippen molar-refractivity contribution in [1.82, 2.24) is 0 Å². The maximum absolute atomic E-state index is 3.64. The van der Waals surface area contributed by atoms with Crippen LogP contribution in [0.1, 0.15) is 87.8 Å². The Hall–Kier alpha value is -0.860. The maximum atomic E-state index is 3.64. The van der Waals surface area contributed by atoms with Crippen molar-refractivity contribution in [2.75, 3.05) is 10.7 Å². The molecule has 0 aliphatic carbocycles. The molecule has 0 amide bonds. The van der Waals surface area contributed by atoms with Gasteiger partial charge in [-0.1, -0.05) is 85.6 Å². The average molecular weight is 534 g/mol. The highest BCUT2D eigenvalue weighted by Gasteiger charge is 2.19. The van der Waals surface area contributed by atoms with Gasteiger partial charge < -0.3 is 0 Å². The maximum Gasteiger partial charge on any atom is 0.0217 e. The molecule has 0 aromatic heterocycles. The number of fused-ring (bicyclic) bond motifs is 1. The fourth-order valence-electron chi connectivity index (χ4n) is 5.06. The van der Waals surface area contributed by atoms with E-state index in [1.165, 1.54) is 33.0 Å². The monoisotopic (exact) mass is 532 g/mol. The van der Waals surface area contributed by atoms with E-state index >= 15 is 0 Å². The Morgan fingerprint density at radius 1 is 0.600 bits per heavy atom. The second-order valence-electron chi connectivity index (χ2n) is 7.75. The number of allylic oxidation sites excluding steroid dienone is 4. The number of benzene rings is 2. The van der Waals surface area contributed by atoms with Gasteiger partial charge in [0.25, 0.3) is 0 Å². The Balaban J connectivity index is 3.11. The minimum atomic E-state index is 0.896. The fourth-order valence-corrected chi connectivity index (χ4v) is 5.84. The Morgan fingerprint density at radius 2 is 0.933 bits per heavy atom. The molecule has 0 N–H and O–H groups in total. The average Bonchev–Trinajstić information content (AvgIpc) is 2.78. The number of hydrogen-bond donors (Lipinski definition) is 0. The van der Waals surface area contributed by atoms with Gasteiger partial charge in [0.2, 0.25) is 0 Å². The van der Waals surface area contributed by atoms with Crippen LogP contribution in [0.25, 0.3) is 21.9 Å². The van der Waals surface area contributed by atoms with Gasteiger partial charge in [-0.2, -0.15) is 0 Å². The van der Waals surface area contributed by atoms with Crippen LogP contribution in [0.5, 0.6) is 0 Å². The molecule has 0 radical (unpaired) electrons. The second kappa shape index (κ2) is 12.2. The van der Waals surface area contributed by atoms with Crippen molar-refractivity contribution in [3.05, 3.63) is 57.7 Å². The molecule has 0 bridgehead atoms. The summed E-state index contributed by atoms with van der Waals surface area (Å²) in [4.78, 5) is 0. The standard InChI is InChI=1S/C28H38Br2/c1-7-19(13-15-29)25-17-27-23(11-5)21(9-3)22(10-4)24(12-6)28(27)18-26(25)20(8-2)14-16-30/h13-14,17-18H,7-12,15-16H2,1-6H3/b19-13+,20-14+. The third-order valence-electron chi connectivity index (χ3n) is 6.42. The van der Waals surface area contributed by atoms with Crippen LogP contribution in [0.15, 0.2) is 24.3 Å². The molecule has 0 heterocycles. The fraction of sp³-hybridized carbons (Fsp3) is 0.500. The van der Waals surface area contributed by atoms with Crippen LogP contribution in [0.4, 0.5) is 0 Å². The summed E-state index contributed by atoms with van der Waals surface area (Å²) < 4.78 is 0. The van der Waals surface area contributed by atoms with Crippen molar-refractivity contribution >= 4 is 53.8 Å². The molecule has 0 aliphatic heterocycles. The summed E-state index contributed by atoms with van der Waals surface area (Å²) in [6, 6.07) is 5.05. The van der Waals surface area contributed by atoms with E-state index < -0.39 is 0 Å². The lowest BCUT2D eigenvalue weighted by Crippen LogP contribution is -2.06. The summed E-state index contributed by atoms with van der Waals surface area (Å²) in [6.45, 7) is 13.8. The minimum Gasteiger partial charge on any atom is -0.0883 e. The zero-order chi connectivity index (χ0) is 22.3. The topological polar surface area (TPSA) is 0 Å². The van der Waals surface area contributed by atoms with E-state index in [9.17, 15) is 0 Å². The summed E-state index contributed by atoms with van der Waals surface area (Å²) in [5, 5.41) is 4.75. The normalized spacial score (nSPS) is 12.8. The minimum absolute atomic E-state index is 0.896. The highest BCUT2D eigenvalue weighted by molar-refractivity contribution is 9.09. The molecule has 0 nitrogen and oxygen atoms in total. The number of halogens is 2. The summed E-state index contributed by atoms with van der Waals surface area (Å²) in [7, 11) is 0. The van der Waals surface area contributed by atoms with Crippen molar-refractivity contribution in [3.63, 3.8) is 0 Å². The molecule has 2 aromatic rings. The van der Waals surface area contributed by atoms with Crippen LogP contribution < -0.4 is 0 Å². The smallest absolute Gasteiger partial charge is 0.0217 e. The summed E-state index contributed by atoms with van der Waals surface area (Å²) in [5.41, 5.74) is 12.0. The number of alkyl halides is 2. The summed E-state index contributed by atoms with van der Waals surface area (Å²) in [6.07, 6.45) is 11.2. The van der Waals surface area contributed by atoms with Crippen LogP contribution >= 0.6 is 31.9 Å². The highest BCUT2D eigenvalue weighted by atomic mass is 79.9. The molecule has 30 heavy (non-hydrogen) atoms. The molecule has 2 rings (SSSR count). The molecule has 0 fully saturated rings. The first-order valence-electron chi connectivity index (χ1n) is 11.7. The molecule has 0 unspecified atom stereocenters. The van der Waals surface area contributed by atoms with Crippen LogP contribution in [0, 0.1) is 0 Å². The van der Waals surface area contributed by atoms with Gasteiger partial charge in [0, 0.05) is 10.7 Å². The van der Waals surface area contributed by atoms with E-state index in [1.54, 1.807) is 22.3 Å². The summed E-state index contributed by atoms with van der Waals surface area (Å²) >= 11 is 7.28. The number of rotatable bonds is 10. The molecule has 2 heteroatoms. The van der Waals surface area contributed by atoms with Crippen LogP contribution in [0.3, 0.4) is 0 Å². The number of aryl methyl sites for hydroxylation is 2. The van der Waals surface area contributed by atoms with Gasteiger partial charge in [-0.15, -0.1) is 0 Å². The van der Waals surface area contributed by atoms with Crippen molar-refractivity contribution in [3.8, 4) is 0 Å². The third-order valence-corrected chi connectivity index (χ3v) is 7.06. The predicted octanol–water partition coefficient (Wildman–Crippen LogP) is 9.47. The van der Waals surface area contributed by atoms with Crippen LogP contribution in [0.2, 0.25) is 0 Å². The van der Waals surface area contributed by atoms with Crippen molar-refractivity contribution in [2.45, 2.75) is 80.1 Å². The van der Waals surface area contributed by atoms with Gasteiger partial charge in [-0.25, -0.2) is 0 Å². The zero-order valence-electron chi connectivity index (χ0n) is 19.7. The third kappa shape index (κ3) is 4.96. The zero-order valence-corrected chi connectivity index (χ0v) is 22.9. The predicted molar refractivity (Wildman–Crippen MR) is 146 cm³/mol. The first kappa shape index (κ1) is 25.4. The van der Waals surface area contributed by atoms with Gasteiger partial charge in [0.05, 0.1) is 0 Å². The van der Waals surface area contributed by atoms with Gasteiger partial charge in [-0.3, -0.25) is 0 Å². The van der Waals surface area contributed by atoms with Crippen LogP contribution in [-0.2, 0) is 25.7 Å². The highest BCUT2D eigenvalue weighted by Crippen LogP contribution is 2.39. The lowest BCUT2D eigenvalue weighted by molar-refractivity contribution is 0.960. The molecule has 0 aliphatic rings. The molecule has 164 valence electrons. The van der Waals surface area contributed by atoms with E-state index in [1.807, 2.05) is 0 Å². The number of hydrogen-bond acceptors (Lipinski definition) is 0. The summed E-state index contributed by atoms with van der Waals surface area (Å²) in [5.74, 6) is 0. The van der Waals surface area contributed by atoms with E-state index in [0.717, 1.165) is 49.2 Å². The first-order chi connectivity index (χ1) is 14.6. The van der Waals surface area contributed by atoms with Gasteiger partial charge in [-0.05, 0) is 106 Å². The Labute approximate surface area is 201 Å². The molecule has 0 saturated heterocycles. The first-order valence-corrected chi connectivity index (χ1v) is 13.9. The van der Waals surface area contributed by atoms with Crippen molar-refractivity contribution in [1.29, 1.82) is 0 Å². The molecule has 0 atom stereocenters. The second-order valence-corrected chi connectivity index (χ2v) is 9.04. The molecule has 0 spiro atoms. The lowest BCUT2D eigenvalue weighted by Gasteiger charge is -2.24. The Morgan fingerprint density at radius 3 is 1.17 bits per heavy atom. The van der Waals surface area contributed by atoms with E-state index in [4.69, 9.17) is 0 Å². The molecule has 0 saturated carbocycles. The molecular formula is C28H38Br2. The molecular weight excluding hydrogens is 496 g/mol. The Kier molecular flexibility index (Phi) is 10.4. The quantitative estimate of drug-likeness (QED) is 0.267. The van der Waals surface area contributed by atoms with Crippen LogP contribution in [-0.4, -0.2) is 10.7 Å². The van der Waals surface area contributed by atoms with Crippen molar-refractivity contribution in [2.24, 2.45) is 0 Å².